The predicted octanol–water partition coefficient (Wildman–Crippen LogP) is 0.156. The highest BCUT2D eigenvalue weighted by Crippen LogP contribution is 2.07. The fourth-order valence-corrected chi connectivity index (χ4v) is 1.13. The maximum Gasteiger partial charge on any atom is 0.248 e. The number of aromatic nitrogens is 3. The van der Waals surface area contributed by atoms with Crippen molar-refractivity contribution >= 4 is 35.2 Å². The maximum absolute atomic E-state index is 4.94. The monoisotopic (exact) mass is 270 g/mol. The number of nitrogens with zero attached hydrogens (tertiary/aromatic N) is 3. The summed E-state index contributed by atoms with van der Waals surface area (Å²) in [6.07, 6.45) is 0. The van der Waals surface area contributed by atoms with Crippen molar-refractivity contribution in [1.29, 1.82) is 0 Å². The molecule has 1 rings (SSSR count). The summed E-state index contributed by atoms with van der Waals surface area (Å²) < 4.78 is 0. The van der Waals surface area contributed by atoms with Gasteiger partial charge in [0.1, 0.15) is 0 Å². The fraction of sp³-hybridized carbons (Fsp3) is 0.556. The molecule has 1 aromatic heterocycles. The highest BCUT2D eigenvalue weighted by molar-refractivity contribution is 7.80. The second-order valence-corrected chi connectivity index (χ2v) is 3.60. The van der Waals surface area contributed by atoms with Gasteiger partial charge in [-0.3, -0.25) is 10.9 Å². The Morgan fingerprint density at radius 1 is 1.00 bits per heavy atom. The Kier molecular flexibility index (Phi) is 5.85. The third-order valence-corrected chi connectivity index (χ3v) is 2.13. The summed E-state index contributed by atoms with van der Waals surface area (Å²) in [5.74, 6) is 1.39. The van der Waals surface area contributed by atoms with Crippen molar-refractivity contribution in [3.8, 4) is 0 Å². The highest BCUT2D eigenvalue weighted by atomic mass is 32.1. The zero-order chi connectivity index (χ0) is 13.4. The fourth-order valence-electron chi connectivity index (χ4n) is 1.08. The smallest absolute Gasteiger partial charge is 0.248 e. The topological polar surface area (TPSA) is 98.8 Å². The minimum Gasteiger partial charge on any atom is -0.364 e. The Bertz CT molecular complexity index is 372. The zero-order valence-electron chi connectivity index (χ0n) is 10.7. The van der Waals surface area contributed by atoms with E-state index in [0.29, 0.717) is 23.0 Å². The van der Waals surface area contributed by atoms with Crippen LogP contribution in [0.2, 0.25) is 0 Å². The van der Waals surface area contributed by atoms with Crippen LogP contribution in [0.1, 0.15) is 13.8 Å². The minimum absolute atomic E-state index is 0.384. The standard InChI is InChI=1S/C9H18N8S/c1-4-11-6-13-7(12-5-2)15-8(14-6)16-17-9(18)10-3/h4-5H2,1-3H3,(H2,10,17,18)(H3,11,12,13,14,15,16). The Hall–Kier alpha value is -1.90. The van der Waals surface area contributed by atoms with E-state index in [2.05, 4.69) is 41.8 Å². The van der Waals surface area contributed by atoms with E-state index >= 15 is 0 Å². The summed E-state index contributed by atoms with van der Waals surface area (Å²) >= 11 is 4.94. The van der Waals surface area contributed by atoms with Crippen molar-refractivity contribution in [2.24, 2.45) is 0 Å². The van der Waals surface area contributed by atoms with Crippen molar-refractivity contribution in [1.82, 2.24) is 25.7 Å². The predicted molar refractivity (Wildman–Crippen MR) is 76.6 cm³/mol. The molecule has 0 fully saturated rings. The van der Waals surface area contributed by atoms with Gasteiger partial charge in [0, 0.05) is 20.1 Å². The molecule has 8 nitrogen and oxygen atoms in total. The molecular formula is C9H18N8S. The average Bonchev–Trinajstić information content (AvgIpc) is 2.36. The van der Waals surface area contributed by atoms with Gasteiger partial charge in [0.15, 0.2) is 5.11 Å². The van der Waals surface area contributed by atoms with Gasteiger partial charge in [0.25, 0.3) is 0 Å². The molecule has 0 atom stereocenters. The lowest BCUT2D eigenvalue weighted by Gasteiger charge is -2.11. The lowest BCUT2D eigenvalue weighted by molar-refractivity contribution is 0.952. The molecule has 0 saturated heterocycles. The van der Waals surface area contributed by atoms with Gasteiger partial charge < -0.3 is 16.0 Å². The minimum atomic E-state index is 0.384. The van der Waals surface area contributed by atoms with Gasteiger partial charge in [-0.15, -0.1) is 0 Å². The van der Waals surface area contributed by atoms with Crippen LogP contribution in [0, 0.1) is 0 Å². The van der Waals surface area contributed by atoms with Crippen LogP contribution in [-0.2, 0) is 0 Å². The summed E-state index contributed by atoms with van der Waals surface area (Å²) in [6, 6.07) is 0. The summed E-state index contributed by atoms with van der Waals surface area (Å²) in [6.45, 7) is 5.41. The molecule has 0 aliphatic carbocycles. The molecule has 5 N–H and O–H groups in total. The maximum atomic E-state index is 4.94. The van der Waals surface area contributed by atoms with Gasteiger partial charge in [0.2, 0.25) is 17.8 Å². The third-order valence-electron chi connectivity index (χ3n) is 1.82. The van der Waals surface area contributed by atoms with E-state index in [9.17, 15) is 0 Å². The summed E-state index contributed by atoms with van der Waals surface area (Å²) in [7, 11) is 1.72. The number of rotatable bonds is 6. The Balaban J connectivity index is 2.78. The van der Waals surface area contributed by atoms with Crippen LogP contribution in [-0.4, -0.2) is 40.2 Å². The van der Waals surface area contributed by atoms with Crippen molar-refractivity contribution in [3.05, 3.63) is 0 Å². The Morgan fingerprint density at radius 3 is 1.94 bits per heavy atom. The molecule has 0 bridgehead atoms. The summed E-state index contributed by atoms with van der Waals surface area (Å²) in [4.78, 5) is 12.6. The van der Waals surface area contributed by atoms with Crippen LogP contribution < -0.4 is 26.8 Å². The molecular weight excluding hydrogens is 252 g/mol. The molecule has 0 unspecified atom stereocenters. The average molecular weight is 270 g/mol. The lowest BCUT2D eigenvalue weighted by atomic mass is 10.7. The number of thiocarbonyl (C=S) groups is 1. The summed E-state index contributed by atoms with van der Waals surface area (Å²) in [5.41, 5.74) is 5.55. The number of nitrogens with one attached hydrogen (secondary N) is 5. The van der Waals surface area contributed by atoms with Crippen LogP contribution in [0.3, 0.4) is 0 Å². The number of hydrogen-bond donors (Lipinski definition) is 5. The first-order chi connectivity index (χ1) is 8.69. The van der Waals surface area contributed by atoms with E-state index in [4.69, 9.17) is 12.2 Å². The molecule has 18 heavy (non-hydrogen) atoms. The molecule has 1 aromatic rings. The first-order valence-corrected chi connectivity index (χ1v) is 6.08. The van der Waals surface area contributed by atoms with Crippen LogP contribution in [0.5, 0.6) is 0 Å². The van der Waals surface area contributed by atoms with E-state index in [0.717, 1.165) is 13.1 Å². The van der Waals surface area contributed by atoms with Crippen LogP contribution in [0.15, 0.2) is 0 Å². The van der Waals surface area contributed by atoms with Crippen molar-refractivity contribution < 1.29 is 0 Å². The quantitative estimate of drug-likeness (QED) is 0.365. The Morgan fingerprint density at radius 2 is 1.50 bits per heavy atom. The van der Waals surface area contributed by atoms with Gasteiger partial charge in [-0.2, -0.15) is 15.0 Å². The molecule has 0 radical (unpaired) electrons. The lowest BCUT2D eigenvalue weighted by Crippen LogP contribution is -2.37. The first-order valence-electron chi connectivity index (χ1n) is 5.67. The van der Waals surface area contributed by atoms with E-state index in [1.165, 1.54) is 0 Å². The highest BCUT2D eigenvalue weighted by Gasteiger charge is 2.05. The van der Waals surface area contributed by atoms with Crippen LogP contribution in [0.25, 0.3) is 0 Å². The van der Waals surface area contributed by atoms with Gasteiger partial charge in [-0.05, 0) is 26.1 Å². The van der Waals surface area contributed by atoms with Crippen molar-refractivity contribution in [2.75, 3.05) is 36.2 Å². The van der Waals surface area contributed by atoms with Crippen molar-refractivity contribution in [2.45, 2.75) is 13.8 Å². The van der Waals surface area contributed by atoms with Crippen molar-refractivity contribution in [3.63, 3.8) is 0 Å². The molecule has 0 aromatic carbocycles. The molecule has 0 aliphatic rings. The van der Waals surface area contributed by atoms with E-state index in [1.54, 1.807) is 7.05 Å². The normalized spacial score (nSPS) is 9.50. The zero-order valence-corrected chi connectivity index (χ0v) is 11.5. The number of hydrogen-bond acceptors (Lipinski definition) is 7. The number of anilines is 3. The van der Waals surface area contributed by atoms with Crippen LogP contribution >= 0.6 is 12.2 Å². The SMILES string of the molecule is CCNc1nc(NCC)nc(NNC(=S)NC)n1. The van der Waals surface area contributed by atoms with Gasteiger partial charge >= 0.3 is 0 Å². The molecule has 100 valence electrons. The summed E-state index contributed by atoms with van der Waals surface area (Å²) in [5, 5.41) is 9.28. The molecule has 9 heteroatoms. The molecule has 0 saturated carbocycles. The number of hydrazine groups is 1. The second-order valence-electron chi connectivity index (χ2n) is 3.20. The Labute approximate surface area is 111 Å². The van der Waals surface area contributed by atoms with E-state index < -0.39 is 0 Å². The van der Waals surface area contributed by atoms with Crippen LogP contribution in [0.4, 0.5) is 17.8 Å². The largest absolute Gasteiger partial charge is 0.364 e. The molecule has 0 aliphatic heterocycles. The molecule has 0 amide bonds. The first kappa shape index (κ1) is 14.2. The van der Waals surface area contributed by atoms with Gasteiger partial charge in [-0.25, -0.2) is 0 Å². The third kappa shape index (κ3) is 4.53. The molecule has 1 heterocycles. The van der Waals surface area contributed by atoms with E-state index in [-0.39, 0.29) is 0 Å². The molecule has 0 spiro atoms. The van der Waals surface area contributed by atoms with E-state index in [1.807, 2.05) is 13.8 Å². The second kappa shape index (κ2) is 7.43. The van der Waals surface area contributed by atoms with Gasteiger partial charge in [0.05, 0.1) is 0 Å². The van der Waals surface area contributed by atoms with Gasteiger partial charge in [-0.1, -0.05) is 0 Å².